The van der Waals surface area contributed by atoms with E-state index in [9.17, 15) is 4.79 Å². The van der Waals surface area contributed by atoms with Crippen molar-refractivity contribution in [1.82, 2.24) is 4.90 Å². The van der Waals surface area contributed by atoms with Gasteiger partial charge < -0.3 is 19.1 Å². The van der Waals surface area contributed by atoms with Crippen molar-refractivity contribution in [3.8, 4) is 0 Å². The Morgan fingerprint density at radius 3 is 3.21 bits per heavy atom. The van der Waals surface area contributed by atoms with Crippen LogP contribution >= 0.6 is 11.3 Å². The molecule has 0 aromatic carbocycles. The lowest BCUT2D eigenvalue weighted by Gasteiger charge is -2.47. The molecule has 2 bridgehead atoms. The van der Waals surface area contributed by atoms with Crippen LogP contribution in [-0.2, 0) is 24.8 Å². The number of amides is 1. The second kappa shape index (κ2) is 4.02. The van der Waals surface area contributed by atoms with E-state index < -0.39 is 5.79 Å². The number of carbonyl (C=O) groups excluding carboxylic acids is 1. The van der Waals surface area contributed by atoms with E-state index in [1.165, 1.54) is 0 Å². The van der Waals surface area contributed by atoms with Crippen molar-refractivity contribution in [3.05, 3.63) is 22.4 Å². The number of hydrogen-bond donors (Lipinski definition) is 0. The first-order valence-electron chi connectivity index (χ1n) is 6.44. The second-order valence-corrected chi connectivity index (χ2v) is 6.07. The van der Waals surface area contributed by atoms with Gasteiger partial charge in [-0.3, -0.25) is 4.79 Å². The summed E-state index contributed by atoms with van der Waals surface area (Å²) >= 11 is 1.63. The number of nitrogens with zero attached hydrogens (tertiary/aromatic N) is 1. The van der Waals surface area contributed by atoms with Crippen molar-refractivity contribution in [2.24, 2.45) is 0 Å². The van der Waals surface area contributed by atoms with Gasteiger partial charge in [0.05, 0.1) is 17.5 Å². The van der Waals surface area contributed by atoms with Gasteiger partial charge in [-0.05, 0) is 11.4 Å². The van der Waals surface area contributed by atoms with Crippen LogP contribution in [0.25, 0.3) is 0 Å². The summed E-state index contributed by atoms with van der Waals surface area (Å²) in [7, 11) is 1.58. The molecule has 0 spiro atoms. The van der Waals surface area contributed by atoms with Crippen molar-refractivity contribution in [2.75, 3.05) is 20.3 Å². The lowest BCUT2D eigenvalue weighted by atomic mass is 9.92. The van der Waals surface area contributed by atoms with E-state index in [-0.39, 0.29) is 24.2 Å². The zero-order valence-electron chi connectivity index (χ0n) is 10.6. The molecule has 3 aliphatic heterocycles. The lowest BCUT2D eigenvalue weighted by molar-refractivity contribution is -0.184. The number of ether oxygens (including phenoxy) is 3. The van der Waals surface area contributed by atoms with Gasteiger partial charge in [0.2, 0.25) is 5.79 Å². The van der Waals surface area contributed by atoms with Crippen LogP contribution in [0, 0.1) is 0 Å². The van der Waals surface area contributed by atoms with E-state index in [0.29, 0.717) is 19.6 Å². The van der Waals surface area contributed by atoms with Crippen LogP contribution in [0.5, 0.6) is 0 Å². The zero-order valence-corrected chi connectivity index (χ0v) is 11.4. The normalized spacial score (nSPS) is 40.8. The lowest BCUT2D eigenvalue weighted by Crippen LogP contribution is -2.69. The topological polar surface area (TPSA) is 48.0 Å². The van der Waals surface area contributed by atoms with Gasteiger partial charge in [0.1, 0.15) is 6.10 Å². The molecule has 1 aromatic heterocycles. The van der Waals surface area contributed by atoms with E-state index in [2.05, 4.69) is 0 Å². The SMILES string of the molecule is CO[C@H]1C(=O)N2CC[C@]3(c4cccs4)OC[C@@H](O3)[C@@H]12. The minimum absolute atomic E-state index is 0.00170. The monoisotopic (exact) mass is 281 g/mol. The molecule has 1 amide bonds. The highest BCUT2D eigenvalue weighted by Crippen LogP contribution is 2.46. The Kier molecular flexibility index (Phi) is 2.51. The van der Waals surface area contributed by atoms with Crippen molar-refractivity contribution in [3.63, 3.8) is 0 Å². The third-order valence-electron chi connectivity index (χ3n) is 4.23. The molecule has 3 fully saturated rings. The van der Waals surface area contributed by atoms with E-state index in [1.807, 2.05) is 22.4 Å². The second-order valence-electron chi connectivity index (χ2n) is 5.13. The van der Waals surface area contributed by atoms with Crippen LogP contribution in [0.1, 0.15) is 11.3 Å². The predicted octanol–water partition coefficient (Wildman–Crippen LogP) is 0.946. The highest BCUT2D eigenvalue weighted by atomic mass is 32.1. The van der Waals surface area contributed by atoms with E-state index >= 15 is 0 Å². The maximum absolute atomic E-state index is 12.0. The summed E-state index contributed by atoms with van der Waals surface area (Å²) in [6.45, 7) is 1.18. The molecule has 0 radical (unpaired) electrons. The summed E-state index contributed by atoms with van der Waals surface area (Å²) in [5.41, 5.74) is 0. The van der Waals surface area contributed by atoms with Crippen LogP contribution in [-0.4, -0.2) is 49.3 Å². The predicted molar refractivity (Wildman–Crippen MR) is 67.7 cm³/mol. The first-order chi connectivity index (χ1) is 9.25. The first-order valence-corrected chi connectivity index (χ1v) is 7.32. The minimum atomic E-state index is -0.658. The Morgan fingerprint density at radius 2 is 2.47 bits per heavy atom. The van der Waals surface area contributed by atoms with Gasteiger partial charge in [0.15, 0.2) is 6.10 Å². The number of hydrogen-bond acceptors (Lipinski definition) is 5. The third kappa shape index (κ3) is 1.48. The fourth-order valence-corrected chi connectivity index (χ4v) is 4.13. The maximum Gasteiger partial charge on any atom is 0.254 e. The van der Waals surface area contributed by atoms with Crippen LogP contribution in [0.15, 0.2) is 17.5 Å². The zero-order chi connectivity index (χ0) is 13.0. The van der Waals surface area contributed by atoms with Crippen LogP contribution in [0.2, 0.25) is 0 Å². The Hall–Kier alpha value is -0.950. The largest absolute Gasteiger partial charge is 0.369 e. The summed E-state index contributed by atoms with van der Waals surface area (Å²) in [6.07, 6.45) is 0.223. The van der Waals surface area contributed by atoms with Gasteiger partial charge in [0, 0.05) is 20.1 Å². The fourth-order valence-electron chi connectivity index (χ4n) is 3.28. The molecule has 0 aliphatic carbocycles. The Bertz CT molecular complexity index is 505. The molecule has 0 unspecified atom stereocenters. The number of carbonyl (C=O) groups is 1. The van der Waals surface area contributed by atoms with Gasteiger partial charge in [-0.2, -0.15) is 0 Å². The average molecular weight is 281 g/mol. The molecular formula is C13H15NO4S. The molecule has 3 aliphatic rings. The van der Waals surface area contributed by atoms with Gasteiger partial charge >= 0.3 is 0 Å². The van der Waals surface area contributed by atoms with E-state index in [4.69, 9.17) is 14.2 Å². The van der Waals surface area contributed by atoms with Crippen molar-refractivity contribution in [1.29, 1.82) is 0 Å². The summed E-state index contributed by atoms with van der Waals surface area (Å²) in [4.78, 5) is 14.9. The maximum atomic E-state index is 12.0. The molecule has 4 heterocycles. The Morgan fingerprint density at radius 1 is 1.58 bits per heavy atom. The number of β-lactam (4-membered cyclic amide) rings is 1. The quantitative estimate of drug-likeness (QED) is 0.757. The van der Waals surface area contributed by atoms with Crippen LogP contribution in [0.3, 0.4) is 0 Å². The van der Waals surface area contributed by atoms with Crippen molar-refractivity contribution in [2.45, 2.75) is 30.5 Å². The summed E-state index contributed by atoms with van der Waals surface area (Å²) in [5.74, 6) is -0.584. The third-order valence-corrected chi connectivity index (χ3v) is 5.23. The van der Waals surface area contributed by atoms with Gasteiger partial charge in [-0.15, -0.1) is 11.3 Å². The molecule has 6 heteroatoms. The van der Waals surface area contributed by atoms with E-state index in [0.717, 1.165) is 4.88 Å². The molecule has 1 aromatic rings. The number of thiophene rings is 1. The highest BCUT2D eigenvalue weighted by Gasteiger charge is 2.60. The van der Waals surface area contributed by atoms with Gasteiger partial charge in [-0.25, -0.2) is 0 Å². The molecule has 4 rings (SSSR count). The van der Waals surface area contributed by atoms with Crippen molar-refractivity contribution >= 4 is 17.2 Å². The Balaban J connectivity index is 1.66. The molecule has 102 valence electrons. The smallest absolute Gasteiger partial charge is 0.254 e. The van der Waals surface area contributed by atoms with Gasteiger partial charge in [0.25, 0.3) is 5.91 Å². The summed E-state index contributed by atoms with van der Waals surface area (Å²) < 4.78 is 17.4. The van der Waals surface area contributed by atoms with Crippen molar-refractivity contribution < 1.29 is 19.0 Å². The summed E-state index contributed by atoms with van der Waals surface area (Å²) in [6, 6.07) is 4.03. The molecular weight excluding hydrogens is 266 g/mol. The van der Waals surface area contributed by atoms with E-state index in [1.54, 1.807) is 18.4 Å². The molecule has 3 saturated heterocycles. The van der Waals surface area contributed by atoms with Crippen LogP contribution in [0.4, 0.5) is 0 Å². The average Bonchev–Trinajstić information content (AvgIpc) is 3.02. The minimum Gasteiger partial charge on any atom is -0.369 e. The molecule has 5 nitrogen and oxygen atoms in total. The van der Waals surface area contributed by atoms with Crippen LogP contribution < -0.4 is 0 Å². The molecule has 4 atom stereocenters. The standard InChI is InChI=1S/C13H15NO4S/c1-16-11-10-8-7-17-13(18-8,9-3-2-6-19-9)4-5-14(10)12(11)15/h2-3,6,8,10-11H,4-5,7H2,1H3/t8-,10+,11-,13+/m1/s1. The molecule has 19 heavy (non-hydrogen) atoms. The molecule has 0 N–H and O–H groups in total. The first kappa shape index (κ1) is 11.8. The number of methoxy groups -OCH3 is 1. The number of fused-ring (bicyclic) bond motifs is 4. The molecule has 0 saturated carbocycles. The number of rotatable bonds is 2. The highest BCUT2D eigenvalue weighted by molar-refractivity contribution is 7.10. The van der Waals surface area contributed by atoms with Gasteiger partial charge in [-0.1, -0.05) is 6.07 Å². The fraction of sp³-hybridized carbons (Fsp3) is 0.615. The summed E-state index contributed by atoms with van der Waals surface area (Å²) in [5, 5.41) is 2.02. The Labute approximate surface area is 115 Å².